The molecule has 1 N–H and O–H groups in total. The highest BCUT2D eigenvalue weighted by molar-refractivity contribution is 6.83. The molecule has 1 atom stereocenters. The first kappa shape index (κ1) is 18.6. The summed E-state index contributed by atoms with van der Waals surface area (Å²) in [5, 5.41) is 9.95. The van der Waals surface area contributed by atoms with Crippen LogP contribution in [0.15, 0.2) is 18.2 Å². The molecule has 1 aromatic carbocycles. The first-order chi connectivity index (χ1) is 9.90. The van der Waals surface area contributed by atoms with E-state index in [9.17, 15) is 9.90 Å². The predicted octanol–water partition coefficient (Wildman–Crippen LogP) is 4.45. The van der Waals surface area contributed by atoms with E-state index in [0.29, 0.717) is 16.3 Å². The van der Waals surface area contributed by atoms with Crippen LogP contribution < -0.4 is 4.74 Å². The van der Waals surface area contributed by atoms with E-state index in [1.54, 1.807) is 18.2 Å². The molecule has 0 fully saturated rings. The molecule has 22 heavy (non-hydrogen) atoms. The van der Waals surface area contributed by atoms with Crippen LogP contribution >= 0.6 is 11.6 Å². The van der Waals surface area contributed by atoms with Gasteiger partial charge in [0.2, 0.25) is 0 Å². The molecule has 5 heteroatoms. The topological polar surface area (TPSA) is 46.5 Å². The number of hydrogen-bond donors (Lipinski definition) is 1. The average molecular weight is 339 g/mol. The molecule has 3 nitrogen and oxygen atoms in total. The first-order valence-electron chi connectivity index (χ1n) is 7.12. The highest BCUT2D eigenvalue weighted by Gasteiger charge is 2.33. The van der Waals surface area contributed by atoms with Gasteiger partial charge in [0.15, 0.2) is 6.10 Å². The Bertz CT molecular complexity index is 616. The maximum atomic E-state index is 11.5. The van der Waals surface area contributed by atoms with Crippen molar-refractivity contribution in [2.45, 2.75) is 46.5 Å². The maximum Gasteiger partial charge on any atom is 0.345 e. The second-order valence-electron chi connectivity index (χ2n) is 7.34. The van der Waals surface area contributed by atoms with E-state index < -0.39 is 25.6 Å². The molecule has 0 radical (unpaired) electrons. The van der Waals surface area contributed by atoms with E-state index in [4.69, 9.17) is 16.3 Å². The van der Waals surface area contributed by atoms with E-state index in [1.807, 2.05) is 20.8 Å². The third-order valence-corrected chi connectivity index (χ3v) is 3.88. The standard InChI is InChI=1S/C17H23ClO3Si/c1-17(2,3)15(16(19)20)21-14-8-7-13(18)11-12(14)9-10-22(4,5)6/h7-8,11,15H,1-6H3,(H,19,20). The average Bonchev–Trinajstić information content (AvgIpc) is 2.32. The lowest BCUT2D eigenvalue weighted by Crippen LogP contribution is -2.39. The quantitative estimate of drug-likeness (QED) is 0.654. The van der Waals surface area contributed by atoms with Crippen molar-refractivity contribution in [3.8, 4) is 17.2 Å². The summed E-state index contributed by atoms with van der Waals surface area (Å²) < 4.78 is 5.75. The Morgan fingerprint density at radius 2 is 1.91 bits per heavy atom. The monoisotopic (exact) mass is 338 g/mol. The molecule has 0 aliphatic heterocycles. The third kappa shape index (κ3) is 5.74. The number of carbonyl (C=O) groups is 1. The summed E-state index contributed by atoms with van der Waals surface area (Å²) in [6.07, 6.45) is -0.957. The van der Waals surface area contributed by atoms with Gasteiger partial charge in [-0.2, -0.15) is 0 Å². The van der Waals surface area contributed by atoms with Gasteiger partial charge in [0.25, 0.3) is 0 Å². The minimum atomic E-state index is -1.55. The van der Waals surface area contributed by atoms with Gasteiger partial charge in [-0.25, -0.2) is 4.79 Å². The van der Waals surface area contributed by atoms with Crippen molar-refractivity contribution in [2.24, 2.45) is 5.41 Å². The molecular weight excluding hydrogens is 316 g/mol. The van der Waals surface area contributed by atoms with Crippen LogP contribution in [-0.2, 0) is 4.79 Å². The number of ether oxygens (including phenoxy) is 1. The lowest BCUT2D eigenvalue weighted by Gasteiger charge is -2.28. The maximum absolute atomic E-state index is 11.5. The molecule has 0 saturated heterocycles. The van der Waals surface area contributed by atoms with Crippen molar-refractivity contribution < 1.29 is 14.6 Å². The first-order valence-corrected chi connectivity index (χ1v) is 11.0. The molecule has 0 saturated carbocycles. The lowest BCUT2D eigenvalue weighted by molar-refractivity contribution is -0.150. The number of aliphatic carboxylic acids is 1. The van der Waals surface area contributed by atoms with Gasteiger partial charge in [0, 0.05) is 10.4 Å². The smallest absolute Gasteiger partial charge is 0.345 e. The molecule has 0 bridgehead atoms. The zero-order valence-electron chi connectivity index (χ0n) is 14.0. The number of rotatable bonds is 3. The number of carboxylic acid groups (broad SMARTS) is 1. The van der Waals surface area contributed by atoms with E-state index in [1.165, 1.54) is 0 Å². The summed E-state index contributed by atoms with van der Waals surface area (Å²) in [5.41, 5.74) is 3.35. The third-order valence-electron chi connectivity index (χ3n) is 2.77. The van der Waals surface area contributed by atoms with Crippen LogP contribution in [0.2, 0.25) is 24.7 Å². The van der Waals surface area contributed by atoms with Crippen molar-refractivity contribution in [3.63, 3.8) is 0 Å². The van der Waals surface area contributed by atoms with Gasteiger partial charge in [0.05, 0.1) is 5.56 Å². The fourth-order valence-electron chi connectivity index (χ4n) is 1.68. The van der Waals surface area contributed by atoms with Crippen molar-refractivity contribution in [1.82, 2.24) is 0 Å². The Labute approximate surface area is 138 Å². The van der Waals surface area contributed by atoms with Crippen molar-refractivity contribution in [2.75, 3.05) is 0 Å². The molecular formula is C17H23ClO3Si. The molecule has 0 aromatic heterocycles. The predicted molar refractivity (Wildman–Crippen MR) is 93.2 cm³/mol. The highest BCUT2D eigenvalue weighted by Crippen LogP contribution is 2.29. The molecule has 1 rings (SSSR count). The molecule has 120 valence electrons. The SMILES string of the molecule is CC(C)(C)C(Oc1ccc(Cl)cc1C#C[Si](C)(C)C)C(=O)O. The van der Waals surface area contributed by atoms with Crippen LogP contribution in [0, 0.1) is 16.9 Å². The summed E-state index contributed by atoms with van der Waals surface area (Å²) in [6.45, 7) is 11.9. The second-order valence-corrected chi connectivity index (χ2v) is 12.5. The van der Waals surface area contributed by atoms with Gasteiger partial charge in [-0.1, -0.05) is 57.9 Å². The van der Waals surface area contributed by atoms with Crippen LogP contribution in [0.25, 0.3) is 0 Å². The minimum Gasteiger partial charge on any atom is -0.478 e. The fourth-order valence-corrected chi connectivity index (χ4v) is 2.36. The van der Waals surface area contributed by atoms with Crippen LogP contribution in [0.3, 0.4) is 0 Å². The van der Waals surface area contributed by atoms with Crippen LogP contribution in [-0.4, -0.2) is 25.3 Å². The lowest BCUT2D eigenvalue weighted by atomic mass is 9.89. The summed E-state index contributed by atoms with van der Waals surface area (Å²) in [4.78, 5) is 11.5. The van der Waals surface area contributed by atoms with E-state index >= 15 is 0 Å². The van der Waals surface area contributed by atoms with Crippen LogP contribution in [0.4, 0.5) is 0 Å². The van der Waals surface area contributed by atoms with Gasteiger partial charge >= 0.3 is 5.97 Å². The summed E-state index contributed by atoms with van der Waals surface area (Å²) in [7, 11) is -1.55. The molecule has 0 aliphatic rings. The minimum absolute atomic E-state index is 0.456. The largest absolute Gasteiger partial charge is 0.478 e. The number of carboxylic acids is 1. The second kappa shape index (κ2) is 6.76. The Balaban J connectivity index is 3.24. The van der Waals surface area contributed by atoms with Gasteiger partial charge in [-0.05, 0) is 18.2 Å². The number of hydrogen-bond acceptors (Lipinski definition) is 2. The van der Waals surface area contributed by atoms with Crippen LogP contribution in [0.5, 0.6) is 5.75 Å². The van der Waals surface area contributed by atoms with E-state index in [2.05, 4.69) is 31.1 Å². The van der Waals surface area contributed by atoms with Crippen LogP contribution in [0.1, 0.15) is 26.3 Å². The molecule has 0 heterocycles. The molecule has 1 aromatic rings. The Morgan fingerprint density at radius 1 is 1.32 bits per heavy atom. The van der Waals surface area contributed by atoms with Crippen molar-refractivity contribution in [3.05, 3.63) is 28.8 Å². The number of benzene rings is 1. The van der Waals surface area contributed by atoms with Gasteiger partial charge in [0.1, 0.15) is 13.8 Å². The van der Waals surface area contributed by atoms with Gasteiger partial charge < -0.3 is 9.84 Å². The fraction of sp³-hybridized carbons (Fsp3) is 0.471. The van der Waals surface area contributed by atoms with E-state index in [-0.39, 0.29) is 0 Å². The summed E-state index contributed by atoms with van der Waals surface area (Å²) in [6, 6.07) is 5.07. The summed E-state index contributed by atoms with van der Waals surface area (Å²) >= 11 is 6.03. The molecule has 0 spiro atoms. The van der Waals surface area contributed by atoms with Crippen molar-refractivity contribution in [1.29, 1.82) is 0 Å². The molecule has 0 amide bonds. The van der Waals surface area contributed by atoms with Gasteiger partial charge in [-0.3, -0.25) is 0 Å². The Hall–Kier alpha value is -1.44. The Kier molecular flexibility index (Phi) is 5.72. The molecule has 1 unspecified atom stereocenters. The van der Waals surface area contributed by atoms with E-state index in [0.717, 1.165) is 0 Å². The van der Waals surface area contributed by atoms with Crippen molar-refractivity contribution >= 4 is 25.6 Å². The summed E-state index contributed by atoms with van der Waals surface area (Å²) in [5.74, 6) is 2.56. The highest BCUT2D eigenvalue weighted by atomic mass is 35.5. The van der Waals surface area contributed by atoms with Gasteiger partial charge in [-0.15, -0.1) is 5.54 Å². The Morgan fingerprint density at radius 3 is 2.36 bits per heavy atom. The zero-order valence-corrected chi connectivity index (χ0v) is 15.7. The zero-order chi connectivity index (χ0) is 17.1. The number of halogens is 1. The molecule has 0 aliphatic carbocycles. The normalized spacial score (nSPS) is 13.0.